The predicted octanol–water partition coefficient (Wildman–Crippen LogP) is 4.23. The van der Waals surface area contributed by atoms with Crippen LogP contribution in [0.25, 0.3) is 6.08 Å². The SMILES string of the molecule is C=C(Cl)CCC=Cc1ccccc1. The van der Waals surface area contributed by atoms with Crippen LogP contribution < -0.4 is 0 Å². The highest BCUT2D eigenvalue weighted by Crippen LogP contribution is 2.08. The van der Waals surface area contributed by atoms with Crippen molar-refractivity contribution in [2.75, 3.05) is 0 Å². The summed E-state index contributed by atoms with van der Waals surface area (Å²) in [5.74, 6) is 0. The molecule has 0 saturated heterocycles. The second kappa shape index (κ2) is 5.60. The van der Waals surface area contributed by atoms with E-state index in [1.165, 1.54) is 5.56 Å². The normalized spacial score (nSPS) is 10.5. The average molecular weight is 193 g/mol. The molecular formula is C12H13Cl. The van der Waals surface area contributed by atoms with Crippen LogP contribution in [0.15, 0.2) is 48.0 Å². The largest absolute Gasteiger partial charge is 0.0898 e. The quantitative estimate of drug-likeness (QED) is 0.670. The number of allylic oxidation sites excluding steroid dienone is 2. The van der Waals surface area contributed by atoms with Gasteiger partial charge in [0.1, 0.15) is 0 Å². The molecule has 68 valence electrons. The highest BCUT2D eigenvalue weighted by atomic mass is 35.5. The van der Waals surface area contributed by atoms with Gasteiger partial charge in [-0.2, -0.15) is 0 Å². The summed E-state index contributed by atoms with van der Waals surface area (Å²) in [5, 5.41) is 0.720. The maximum Gasteiger partial charge on any atom is 0.0112 e. The van der Waals surface area contributed by atoms with Crippen molar-refractivity contribution < 1.29 is 0 Å². The van der Waals surface area contributed by atoms with Gasteiger partial charge in [-0.25, -0.2) is 0 Å². The highest BCUT2D eigenvalue weighted by molar-refractivity contribution is 6.29. The lowest BCUT2D eigenvalue weighted by molar-refractivity contribution is 1.04. The zero-order valence-electron chi connectivity index (χ0n) is 7.54. The monoisotopic (exact) mass is 192 g/mol. The summed E-state index contributed by atoms with van der Waals surface area (Å²) in [5.41, 5.74) is 1.22. The summed E-state index contributed by atoms with van der Waals surface area (Å²) >= 11 is 5.63. The number of rotatable bonds is 4. The van der Waals surface area contributed by atoms with Crippen LogP contribution in [-0.2, 0) is 0 Å². The van der Waals surface area contributed by atoms with Gasteiger partial charge in [-0.1, -0.05) is 60.7 Å². The van der Waals surface area contributed by atoms with Crippen LogP contribution in [0.3, 0.4) is 0 Å². The van der Waals surface area contributed by atoms with Crippen LogP contribution in [0.5, 0.6) is 0 Å². The van der Waals surface area contributed by atoms with Gasteiger partial charge in [-0.15, -0.1) is 0 Å². The van der Waals surface area contributed by atoms with Crippen LogP contribution >= 0.6 is 11.6 Å². The fourth-order valence-electron chi connectivity index (χ4n) is 1.02. The van der Waals surface area contributed by atoms with Crippen molar-refractivity contribution >= 4 is 17.7 Å². The van der Waals surface area contributed by atoms with Crippen molar-refractivity contribution in [3.8, 4) is 0 Å². The Morgan fingerprint density at radius 1 is 1.31 bits per heavy atom. The molecule has 0 aromatic heterocycles. The topological polar surface area (TPSA) is 0 Å². The molecule has 0 N–H and O–H groups in total. The molecule has 0 heterocycles. The van der Waals surface area contributed by atoms with Crippen LogP contribution in [0, 0.1) is 0 Å². The summed E-state index contributed by atoms with van der Waals surface area (Å²) in [7, 11) is 0. The van der Waals surface area contributed by atoms with E-state index in [4.69, 9.17) is 11.6 Å². The lowest BCUT2D eigenvalue weighted by Crippen LogP contribution is -1.71. The fourth-order valence-corrected chi connectivity index (χ4v) is 1.13. The Labute approximate surface area is 84.5 Å². The van der Waals surface area contributed by atoms with Gasteiger partial charge in [0.05, 0.1) is 0 Å². The molecule has 0 aliphatic rings. The van der Waals surface area contributed by atoms with Gasteiger partial charge >= 0.3 is 0 Å². The second-order valence-corrected chi connectivity index (χ2v) is 3.40. The summed E-state index contributed by atoms with van der Waals surface area (Å²) in [6, 6.07) is 10.2. The first-order valence-corrected chi connectivity index (χ1v) is 4.71. The van der Waals surface area contributed by atoms with E-state index in [1.54, 1.807) is 0 Å². The Morgan fingerprint density at radius 2 is 2.00 bits per heavy atom. The third-order valence-electron chi connectivity index (χ3n) is 1.69. The van der Waals surface area contributed by atoms with E-state index >= 15 is 0 Å². The molecule has 0 fully saturated rings. The van der Waals surface area contributed by atoms with Gasteiger partial charge in [0.25, 0.3) is 0 Å². The summed E-state index contributed by atoms with van der Waals surface area (Å²) in [4.78, 5) is 0. The van der Waals surface area contributed by atoms with Gasteiger partial charge in [-0.05, 0) is 18.4 Å². The molecule has 0 saturated carbocycles. The number of halogens is 1. The smallest absolute Gasteiger partial charge is 0.0112 e. The number of hydrogen-bond acceptors (Lipinski definition) is 0. The number of hydrogen-bond donors (Lipinski definition) is 0. The predicted molar refractivity (Wildman–Crippen MR) is 59.7 cm³/mol. The Bertz CT molecular complexity index is 285. The standard InChI is InChI=1S/C12H13Cl/c1-11(13)7-5-6-10-12-8-3-2-4-9-12/h2-4,6,8-10H,1,5,7H2. The molecule has 0 aliphatic carbocycles. The molecule has 0 amide bonds. The van der Waals surface area contributed by atoms with Gasteiger partial charge in [0.2, 0.25) is 0 Å². The first kappa shape index (κ1) is 10.1. The van der Waals surface area contributed by atoms with Crippen molar-refractivity contribution in [1.29, 1.82) is 0 Å². The van der Waals surface area contributed by atoms with Gasteiger partial charge < -0.3 is 0 Å². The minimum atomic E-state index is 0.720. The zero-order chi connectivity index (χ0) is 9.52. The van der Waals surface area contributed by atoms with E-state index in [0.717, 1.165) is 17.9 Å². The molecule has 13 heavy (non-hydrogen) atoms. The Morgan fingerprint density at radius 3 is 2.62 bits per heavy atom. The summed E-state index contributed by atoms with van der Waals surface area (Å²) in [6.07, 6.45) is 6.02. The minimum Gasteiger partial charge on any atom is -0.0898 e. The third-order valence-corrected chi connectivity index (χ3v) is 1.88. The maximum atomic E-state index is 5.63. The molecule has 0 radical (unpaired) electrons. The molecule has 1 rings (SSSR count). The van der Waals surface area contributed by atoms with E-state index in [9.17, 15) is 0 Å². The van der Waals surface area contributed by atoms with Crippen molar-refractivity contribution in [3.05, 3.63) is 53.6 Å². The molecule has 0 nitrogen and oxygen atoms in total. The Hall–Kier alpha value is -1.01. The van der Waals surface area contributed by atoms with Crippen LogP contribution in [-0.4, -0.2) is 0 Å². The van der Waals surface area contributed by atoms with E-state index in [1.807, 2.05) is 18.2 Å². The van der Waals surface area contributed by atoms with Gasteiger partial charge in [0, 0.05) is 5.03 Å². The fraction of sp³-hybridized carbons (Fsp3) is 0.167. The molecule has 1 heteroatoms. The third kappa shape index (κ3) is 4.54. The molecule has 0 unspecified atom stereocenters. The molecule has 1 aromatic rings. The van der Waals surface area contributed by atoms with Gasteiger partial charge in [0.15, 0.2) is 0 Å². The summed E-state index contributed by atoms with van der Waals surface area (Å²) < 4.78 is 0. The van der Waals surface area contributed by atoms with Crippen molar-refractivity contribution in [2.24, 2.45) is 0 Å². The van der Waals surface area contributed by atoms with E-state index in [-0.39, 0.29) is 0 Å². The first-order chi connectivity index (χ1) is 6.29. The van der Waals surface area contributed by atoms with E-state index in [2.05, 4.69) is 30.9 Å². The van der Waals surface area contributed by atoms with E-state index in [0.29, 0.717) is 0 Å². The Balaban J connectivity index is 2.37. The minimum absolute atomic E-state index is 0.720. The molecule has 0 spiro atoms. The van der Waals surface area contributed by atoms with Gasteiger partial charge in [-0.3, -0.25) is 0 Å². The molecule has 0 atom stereocenters. The highest BCUT2D eigenvalue weighted by Gasteiger charge is 1.85. The first-order valence-electron chi connectivity index (χ1n) is 4.34. The molecule has 0 aliphatic heterocycles. The van der Waals surface area contributed by atoms with Crippen LogP contribution in [0.2, 0.25) is 0 Å². The van der Waals surface area contributed by atoms with E-state index < -0.39 is 0 Å². The Kier molecular flexibility index (Phi) is 4.34. The average Bonchev–Trinajstić information content (AvgIpc) is 2.14. The lowest BCUT2D eigenvalue weighted by Gasteiger charge is -1.92. The molecule has 0 bridgehead atoms. The number of benzene rings is 1. The maximum absolute atomic E-state index is 5.63. The zero-order valence-corrected chi connectivity index (χ0v) is 8.30. The molecule has 1 aromatic carbocycles. The van der Waals surface area contributed by atoms with Crippen molar-refractivity contribution in [1.82, 2.24) is 0 Å². The molecular weight excluding hydrogens is 180 g/mol. The summed E-state index contributed by atoms with van der Waals surface area (Å²) in [6.45, 7) is 3.63. The van der Waals surface area contributed by atoms with Crippen molar-refractivity contribution in [2.45, 2.75) is 12.8 Å². The second-order valence-electron chi connectivity index (χ2n) is 2.87. The van der Waals surface area contributed by atoms with Crippen LogP contribution in [0.4, 0.5) is 0 Å². The van der Waals surface area contributed by atoms with Crippen molar-refractivity contribution in [3.63, 3.8) is 0 Å². The lowest BCUT2D eigenvalue weighted by atomic mass is 10.2. The van der Waals surface area contributed by atoms with Crippen LogP contribution in [0.1, 0.15) is 18.4 Å².